The van der Waals surface area contributed by atoms with E-state index in [0.717, 1.165) is 6.42 Å². The Morgan fingerprint density at radius 1 is 1.35 bits per heavy atom. The lowest BCUT2D eigenvalue weighted by molar-refractivity contribution is 0.501. The predicted octanol–water partition coefficient (Wildman–Crippen LogP) is 2.17. The van der Waals surface area contributed by atoms with Gasteiger partial charge in [0.25, 0.3) is 5.89 Å². The van der Waals surface area contributed by atoms with Crippen molar-refractivity contribution in [2.75, 3.05) is 5.88 Å². The molecule has 2 rings (SSSR count). The van der Waals surface area contributed by atoms with Crippen LogP contribution in [-0.2, 0) is 6.42 Å². The van der Waals surface area contributed by atoms with E-state index in [2.05, 4.69) is 15.2 Å². The Morgan fingerprint density at radius 3 is 2.88 bits per heavy atom. The molecule has 0 radical (unpaired) electrons. The van der Waals surface area contributed by atoms with Gasteiger partial charge < -0.3 is 4.42 Å². The van der Waals surface area contributed by atoms with E-state index < -0.39 is 0 Å². The zero-order valence-corrected chi connectivity index (χ0v) is 9.68. The molecule has 2 aromatic heterocycles. The summed E-state index contributed by atoms with van der Waals surface area (Å²) in [6.45, 7) is 0. The molecule has 0 aliphatic rings. The van der Waals surface area contributed by atoms with Crippen molar-refractivity contribution >= 4 is 11.6 Å². The Labute approximate surface area is 103 Å². The molecule has 17 heavy (non-hydrogen) atoms. The maximum absolute atomic E-state index is 8.65. The molecular formula is C11H9ClN4O. The van der Waals surface area contributed by atoms with Gasteiger partial charge >= 0.3 is 0 Å². The number of aryl methyl sites for hydroxylation is 1. The van der Waals surface area contributed by atoms with E-state index in [1.165, 1.54) is 6.20 Å². The number of pyridine rings is 1. The fourth-order valence-corrected chi connectivity index (χ4v) is 1.40. The van der Waals surface area contributed by atoms with Gasteiger partial charge in [0.05, 0.1) is 5.56 Å². The number of alkyl halides is 1. The van der Waals surface area contributed by atoms with Gasteiger partial charge in [0.15, 0.2) is 0 Å². The molecule has 0 N–H and O–H groups in total. The van der Waals surface area contributed by atoms with Crippen LogP contribution in [0, 0.1) is 11.3 Å². The van der Waals surface area contributed by atoms with Crippen molar-refractivity contribution in [1.82, 2.24) is 15.2 Å². The number of nitriles is 1. The van der Waals surface area contributed by atoms with Crippen LogP contribution in [0.15, 0.2) is 22.7 Å². The molecule has 0 saturated heterocycles. The summed E-state index contributed by atoms with van der Waals surface area (Å²) in [5.74, 6) is 1.47. The number of aromatic nitrogens is 3. The van der Waals surface area contributed by atoms with Gasteiger partial charge in [-0.15, -0.1) is 21.8 Å². The van der Waals surface area contributed by atoms with Crippen LogP contribution in [0.1, 0.15) is 17.9 Å². The van der Waals surface area contributed by atoms with Gasteiger partial charge in [-0.05, 0) is 18.6 Å². The smallest absolute Gasteiger partial charge is 0.266 e. The van der Waals surface area contributed by atoms with Gasteiger partial charge in [-0.3, -0.25) is 0 Å². The summed E-state index contributed by atoms with van der Waals surface area (Å²) in [5, 5.41) is 16.4. The van der Waals surface area contributed by atoms with Crippen LogP contribution in [0.5, 0.6) is 0 Å². The second kappa shape index (κ2) is 5.41. The normalized spacial score (nSPS) is 10.1. The molecular weight excluding hydrogens is 240 g/mol. The van der Waals surface area contributed by atoms with Crippen LogP contribution < -0.4 is 0 Å². The number of hydrogen-bond acceptors (Lipinski definition) is 5. The van der Waals surface area contributed by atoms with E-state index in [-0.39, 0.29) is 0 Å². The summed E-state index contributed by atoms with van der Waals surface area (Å²) in [4.78, 5) is 4.07. The Hall–Kier alpha value is -1.93. The van der Waals surface area contributed by atoms with Crippen LogP contribution in [0.2, 0.25) is 0 Å². The summed E-state index contributed by atoms with van der Waals surface area (Å²) in [7, 11) is 0. The van der Waals surface area contributed by atoms with Gasteiger partial charge in [0.1, 0.15) is 11.8 Å². The molecule has 0 aromatic carbocycles. The molecule has 0 aliphatic heterocycles. The zero-order valence-electron chi connectivity index (χ0n) is 8.93. The molecule has 2 heterocycles. The lowest BCUT2D eigenvalue weighted by atomic mass is 10.3. The number of rotatable bonds is 4. The Bertz CT molecular complexity index is 529. The van der Waals surface area contributed by atoms with Crippen molar-refractivity contribution in [2.24, 2.45) is 0 Å². The van der Waals surface area contributed by atoms with Crippen molar-refractivity contribution in [3.8, 4) is 17.7 Å². The third kappa shape index (κ3) is 2.80. The van der Waals surface area contributed by atoms with Gasteiger partial charge in [0, 0.05) is 18.5 Å². The standard InChI is InChI=1S/C11H9ClN4O/c12-5-1-2-10-15-16-11(17-10)9-4-3-8(6-13)7-14-9/h3-4,7H,1-2,5H2. The maximum Gasteiger partial charge on any atom is 0.266 e. The van der Waals surface area contributed by atoms with E-state index in [4.69, 9.17) is 21.3 Å². The molecule has 5 nitrogen and oxygen atoms in total. The van der Waals surface area contributed by atoms with E-state index in [1.807, 2.05) is 6.07 Å². The van der Waals surface area contributed by atoms with Crippen molar-refractivity contribution in [3.05, 3.63) is 29.8 Å². The minimum atomic E-state index is 0.360. The molecule has 0 bridgehead atoms. The zero-order chi connectivity index (χ0) is 12.1. The minimum Gasteiger partial charge on any atom is -0.419 e. The van der Waals surface area contributed by atoms with Gasteiger partial charge in [-0.2, -0.15) is 5.26 Å². The van der Waals surface area contributed by atoms with Crippen LogP contribution in [-0.4, -0.2) is 21.1 Å². The summed E-state index contributed by atoms with van der Waals surface area (Å²) >= 11 is 5.58. The number of halogens is 1. The Kier molecular flexibility index (Phi) is 3.68. The highest BCUT2D eigenvalue weighted by Crippen LogP contribution is 2.15. The first-order chi connectivity index (χ1) is 8.33. The molecule has 0 spiro atoms. The van der Waals surface area contributed by atoms with Crippen LogP contribution in [0.25, 0.3) is 11.6 Å². The molecule has 0 amide bonds. The van der Waals surface area contributed by atoms with Crippen LogP contribution in [0.4, 0.5) is 0 Å². The Balaban J connectivity index is 2.16. The molecule has 0 saturated carbocycles. The monoisotopic (exact) mass is 248 g/mol. The summed E-state index contributed by atoms with van der Waals surface area (Å²) in [5.41, 5.74) is 1.06. The van der Waals surface area contributed by atoms with Gasteiger partial charge in [-0.25, -0.2) is 4.98 Å². The number of hydrogen-bond donors (Lipinski definition) is 0. The highest BCUT2D eigenvalue weighted by molar-refractivity contribution is 6.17. The second-order valence-electron chi connectivity index (χ2n) is 3.34. The van der Waals surface area contributed by atoms with Crippen molar-refractivity contribution in [2.45, 2.75) is 12.8 Å². The highest BCUT2D eigenvalue weighted by atomic mass is 35.5. The van der Waals surface area contributed by atoms with Gasteiger partial charge in [-0.1, -0.05) is 0 Å². The first-order valence-corrected chi connectivity index (χ1v) is 5.62. The largest absolute Gasteiger partial charge is 0.419 e. The fraction of sp³-hybridized carbons (Fsp3) is 0.273. The maximum atomic E-state index is 8.65. The molecule has 0 atom stereocenters. The SMILES string of the molecule is N#Cc1ccc(-c2nnc(CCCCl)o2)nc1. The first-order valence-electron chi connectivity index (χ1n) is 5.08. The lowest BCUT2D eigenvalue weighted by Crippen LogP contribution is -1.85. The van der Waals surface area contributed by atoms with Gasteiger partial charge in [0.2, 0.25) is 5.89 Å². The van der Waals surface area contributed by atoms with Crippen LogP contribution in [0.3, 0.4) is 0 Å². The van der Waals surface area contributed by atoms with Crippen LogP contribution >= 0.6 is 11.6 Å². The molecule has 86 valence electrons. The third-order valence-electron chi connectivity index (χ3n) is 2.10. The summed E-state index contributed by atoms with van der Waals surface area (Å²) < 4.78 is 5.42. The Morgan fingerprint density at radius 2 is 2.24 bits per heavy atom. The fourth-order valence-electron chi connectivity index (χ4n) is 1.26. The average Bonchev–Trinajstić information content (AvgIpc) is 2.85. The predicted molar refractivity (Wildman–Crippen MR) is 61.3 cm³/mol. The minimum absolute atomic E-state index is 0.360. The van der Waals surface area contributed by atoms with E-state index in [1.54, 1.807) is 12.1 Å². The van der Waals surface area contributed by atoms with E-state index in [0.29, 0.717) is 35.3 Å². The molecule has 2 aromatic rings. The molecule has 0 aliphatic carbocycles. The topological polar surface area (TPSA) is 75.6 Å². The lowest BCUT2D eigenvalue weighted by Gasteiger charge is -1.93. The number of nitrogens with zero attached hydrogens (tertiary/aromatic N) is 4. The van der Waals surface area contributed by atoms with E-state index >= 15 is 0 Å². The van der Waals surface area contributed by atoms with Crippen molar-refractivity contribution in [3.63, 3.8) is 0 Å². The highest BCUT2D eigenvalue weighted by Gasteiger charge is 2.09. The third-order valence-corrected chi connectivity index (χ3v) is 2.37. The average molecular weight is 249 g/mol. The molecule has 6 heteroatoms. The van der Waals surface area contributed by atoms with E-state index in [9.17, 15) is 0 Å². The quantitative estimate of drug-likeness (QED) is 0.775. The summed E-state index contributed by atoms with van der Waals surface area (Å²) in [6, 6.07) is 5.33. The second-order valence-corrected chi connectivity index (χ2v) is 3.72. The molecule has 0 unspecified atom stereocenters. The van der Waals surface area contributed by atoms with Crippen molar-refractivity contribution < 1.29 is 4.42 Å². The van der Waals surface area contributed by atoms with Crippen molar-refractivity contribution in [1.29, 1.82) is 5.26 Å². The first kappa shape index (κ1) is 11.6. The summed E-state index contributed by atoms with van der Waals surface area (Å²) in [6.07, 6.45) is 2.93. The molecule has 0 fully saturated rings.